The SMILES string of the molecule is c1ccc(-c2ccc(CN3CCC[C@@H](c4nnc5n4CCC5)C3)o2)cc1. The molecule has 3 aromatic rings. The van der Waals surface area contributed by atoms with Crippen molar-refractivity contribution in [3.63, 3.8) is 0 Å². The summed E-state index contributed by atoms with van der Waals surface area (Å²) in [6, 6.07) is 14.5. The molecule has 0 spiro atoms. The van der Waals surface area contributed by atoms with Gasteiger partial charge in [0.05, 0.1) is 6.54 Å². The number of furan rings is 1. The van der Waals surface area contributed by atoms with Crippen LogP contribution in [0.5, 0.6) is 0 Å². The second kappa shape index (κ2) is 6.72. The van der Waals surface area contributed by atoms with Gasteiger partial charge in [0, 0.05) is 31.0 Å². The molecular formula is C21H24N4O. The number of rotatable bonds is 4. The summed E-state index contributed by atoms with van der Waals surface area (Å²) in [5.41, 5.74) is 1.13. The van der Waals surface area contributed by atoms with Crippen LogP contribution < -0.4 is 0 Å². The predicted octanol–water partition coefficient (Wildman–Crippen LogP) is 3.86. The first-order valence-corrected chi connectivity index (χ1v) is 9.65. The highest BCUT2D eigenvalue weighted by Crippen LogP contribution is 2.30. The van der Waals surface area contributed by atoms with Gasteiger partial charge in [0.15, 0.2) is 0 Å². The first kappa shape index (κ1) is 15.8. The number of likely N-dealkylation sites (tertiary alicyclic amines) is 1. The van der Waals surface area contributed by atoms with Crippen LogP contribution >= 0.6 is 0 Å². The summed E-state index contributed by atoms with van der Waals surface area (Å²) in [5.74, 6) is 4.86. The molecule has 2 aromatic heterocycles. The van der Waals surface area contributed by atoms with Gasteiger partial charge in [0.2, 0.25) is 0 Å². The minimum Gasteiger partial charge on any atom is -0.460 e. The van der Waals surface area contributed by atoms with Gasteiger partial charge in [0.25, 0.3) is 0 Å². The van der Waals surface area contributed by atoms with Crippen molar-refractivity contribution in [1.82, 2.24) is 19.7 Å². The van der Waals surface area contributed by atoms with Crippen LogP contribution in [0.15, 0.2) is 46.9 Å². The highest BCUT2D eigenvalue weighted by molar-refractivity contribution is 5.57. The Labute approximate surface area is 153 Å². The molecule has 0 unspecified atom stereocenters. The van der Waals surface area contributed by atoms with Gasteiger partial charge >= 0.3 is 0 Å². The normalized spacial score (nSPS) is 20.4. The molecule has 0 radical (unpaired) electrons. The van der Waals surface area contributed by atoms with E-state index in [0.29, 0.717) is 5.92 Å². The molecule has 2 aliphatic heterocycles. The van der Waals surface area contributed by atoms with E-state index in [2.05, 4.69) is 43.9 Å². The van der Waals surface area contributed by atoms with Crippen LogP contribution in [0.3, 0.4) is 0 Å². The fraction of sp³-hybridized carbons (Fsp3) is 0.429. The van der Waals surface area contributed by atoms with Crippen LogP contribution in [0.1, 0.15) is 42.6 Å². The molecule has 0 aliphatic carbocycles. The lowest BCUT2D eigenvalue weighted by atomic mass is 9.97. The van der Waals surface area contributed by atoms with E-state index in [9.17, 15) is 0 Å². The Morgan fingerprint density at radius 1 is 1.00 bits per heavy atom. The van der Waals surface area contributed by atoms with Crippen molar-refractivity contribution < 1.29 is 4.42 Å². The lowest BCUT2D eigenvalue weighted by molar-refractivity contribution is 0.182. The maximum atomic E-state index is 6.10. The maximum absolute atomic E-state index is 6.10. The van der Waals surface area contributed by atoms with E-state index in [1.54, 1.807) is 0 Å². The highest BCUT2D eigenvalue weighted by Gasteiger charge is 2.28. The lowest BCUT2D eigenvalue weighted by Gasteiger charge is -2.31. The van der Waals surface area contributed by atoms with E-state index >= 15 is 0 Å². The zero-order chi connectivity index (χ0) is 17.3. The van der Waals surface area contributed by atoms with Gasteiger partial charge in [-0.1, -0.05) is 30.3 Å². The van der Waals surface area contributed by atoms with Crippen molar-refractivity contribution in [3.8, 4) is 11.3 Å². The van der Waals surface area contributed by atoms with Gasteiger partial charge in [-0.3, -0.25) is 4.90 Å². The van der Waals surface area contributed by atoms with Crippen molar-refractivity contribution in [2.45, 2.75) is 44.7 Å². The van der Waals surface area contributed by atoms with Gasteiger partial charge in [-0.15, -0.1) is 10.2 Å². The minimum atomic E-state index is 0.492. The Bertz CT molecular complexity index is 883. The van der Waals surface area contributed by atoms with E-state index in [4.69, 9.17) is 4.42 Å². The quantitative estimate of drug-likeness (QED) is 0.718. The van der Waals surface area contributed by atoms with E-state index in [-0.39, 0.29) is 0 Å². The zero-order valence-corrected chi connectivity index (χ0v) is 15.0. The van der Waals surface area contributed by atoms with Gasteiger partial charge < -0.3 is 8.98 Å². The van der Waals surface area contributed by atoms with Gasteiger partial charge in [0.1, 0.15) is 23.2 Å². The molecule has 0 amide bonds. The second-order valence-corrected chi connectivity index (χ2v) is 7.44. The molecule has 1 atom stereocenters. The van der Waals surface area contributed by atoms with Crippen LogP contribution in [0.4, 0.5) is 0 Å². The third-order valence-electron chi connectivity index (χ3n) is 5.61. The Morgan fingerprint density at radius 3 is 2.85 bits per heavy atom. The van der Waals surface area contributed by atoms with Crippen molar-refractivity contribution in [2.24, 2.45) is 0 Å². The first-order chi connectivity index (χ1) is 12.9. The topological polar surface area (TPSA) is 47.1 Å². The summed E-state index contributed by atoms with van der Waals surface area (Å²) in [5, 5.41) is 8.90. The number of hydrogen-bond acceptors (Lipinski definition) is 4. The van der Waals surface area contributed by atoms with Crippen molar-refractivity contribution in [2.75, 3.05) is 13.1 Å². The van der Waals surface area contributed by atoms with Gasteiger partial charge in [-0.2, -0.15) is 0 Å². The molecule has 0 saturated carbocycles. The summed E-state index contributed by atoms with van der Waals surface area (Å²) in [6.45, 7) is 4.12. The maximum Gasteiger partial charge on any atom is 0.137 e. The van der Waals surface area contributed by atoms with Crippen molar-refractivity contribution in [3.05, 3.63) is 59.9 Å². The smallest absolute Gasteiger partial charge is 0.137 e. The molecule has 0 N–H and O–H groups in total. The number of piperidine rings is 1. The van der Waals surface area contributed by atoms with Crippen molar-refractivity contribution >= 4 is 0 Å². The molecule has 5 nitrogen and oxygen atoms in total. The average molecular weight is 348 g/mol. The summed E-state index contributed by atoms with van der Waals surface area (Å²) >= 11 is 0. The Kier molecular flexibility index (Phi) is 4.09. The second-order valence-electron chi connectivity index (χ2n) is 7.44. The summed E-state index contributed by atoms with van der Waals surface area (Å²) < 4.78 is 8.45. The molecule has 5 rings (SSSR count). The third kappa shape index (κ3) is 2.97. The minimum absolute atomic E-state index is 0.492. The highest BCUT2D eigenvalue weighted by atomic mass is 16.3. The number of fused-ring (bicyclic) bond motifs is 1. The number of aromatic nitrogens is 3. The van der Waals surface area contributed by atoms with Crippen LogP contribution in [0, 0.1) is 0 Å². The molecule has 1 saturated heterocycles. The summed E-state index contributed by atoms with van der Waals surface area (Å²) in [4.78, 5) is 2.50. The standard InChI is InChI=1S/C21H24N4O/c1-2-6-16(7-3-1)19-11-10-18(26-19)15-24-12-4-8-17(14-24)21-23-22-20-9-5-13-25(20)21/h1-3,6-7,10-11,17H,4-5,8-9,12-15H2/t17-/m1/s1. The summed E-state index contributed by atoms with van der Waals surface area (Å²) in [6.07, 6.45) is 4.71. The average Bonchev–Trinajstić information content (AvgIpc) is 3.40. The van der Waals surface area contributed by atoms with Gasteiger partial charge in [-0.05, 0) is 37.9 Å². The zero-order valence-electron chi connectivity index (χ0n) is 15.0. The summed E-state index contributed by atoms with van der Waals surface area (Å²) in [7, 11) is 0. The molecule has 26 heavy (non-hydrogen) atoms. The number of hydrogen-bond donors (Lipinski definition) is 0. The van der Waals surface area contributed by atoms with E-state index in [0.717, 1.165) is 49.7 Å². The monoisotopic (exact) mass is 348 g/mol. The molecular weight excluding hydrogens is 324 g/mol. The lowest BCUT2D eigenvalue weighted by Crippen LogP contribution is -2.34. The molecule has 134 valence electrons. The van der Waals surface area contributed by atoms with E-state index in [1.165, 1.54) is 30.9 Å². The third-order valence-corrected chi connectivity index (χ3v) is 5.61. The molecule has 1 aromatic carbocycles. The molecule has 2 aliphatic rings. The van der Waals surface area contributed by atoms with Crippen molar-refractivity contribution in [1.29, 1.82) is 0 Å². The first-order valence-electron chi connectivity index (χ1n) is 9.65. The molecule has 5 heteroatoms. The van der Waals surface area contributed by atoms with Crippen LogP contribution in [0.2, 0.25) is 0 Å². The fourth-order valence-electron chi connectivity index (χ4n) is 4.33. The Balaban J connectivity index is 1.28. The molecule has 0 bridgehead atoms. The van der Waals surface area contributed by atoms with E-state index in [1.807, 2.05) is 18.2 Å². The Morgan fingerprint density at radius 2 is 1.92 bits per heavy atom. The molecule has 4 heterocycles. The van der Waals surface area contributed by atoms with Crippen LogP contribution in [-0.2, 0) is 19.5 Å². The van der Waals surface area contributed by atoms with E-state index < -0.39 is 0 Å². The van der Waals surface area contributed by atoms with Crippen LogP contribution in [-0.4, -0.2) is 32.8 Å². The Hall–Kier alpha value is -2.40. The number of aryl methyl sites for hydroxylation is 1. The number of nitrogens with zero attached hydrogens (tertiary/aromatic N) is 4. The van der Waals surface area contributed by atoms with Gasteiger partial charge in [-0.25, -0.2) is 0 Å². The fourth-order valence-corrected chi connectivity index (χ4v) is 4.33. The van der Waals surface area contributed by atoms with Crippen LogP contribution in [0.25, 0.3) is 11.3 Å². The largest absolute Gasteiger partial charge is 0.460 e. The molecule has 1 fully saturated rings. The predicted molar refractivity (Wildman–Crippen MR) is 99.7 cm³/mol. The number of benzene rings is 1.